The summed E-state index contributed by atoms with van der Waals surface area (Å²) in [6.07, 6.45) is 4.97. The second-order valence-corrected chi connectivity index (χ2v) is 6.66. The van der Waals surface area contributed by atoms with Gasteiger partial charge < -0.3 is 26.4 Å². The van der Waals surface area contributed by atoms with E-state index in [1.807, 2.05) is 4.90 Å². The van der Waals surface area contributed by atoms with Gasteiger partial charge in [0.1, 0.15) is 5.60 Å². The lowest BCUT2D eigenvalue weighted by Crippen LogP contribution is -2.45. The first-order chi connectivity index (χ1) is 11.2. The van der Waals surface area contributed by atoms with Crippen molar-refractivity contribution >= 4 is 17.8 Å². The van der Waals surface area contributed by atoms with Gasteiger partial charge in [0, 0.05) is 26.1 Å². The van der Waals surface area contributed by atoms with E-state index in [0.717, 1.165) is 25.8 Å². The summed E-state index contributed by atoms with van der Waals surface area (Å²) in [5.41, 5.74) is 9.51. The molecule has 8 heteroatoms. The van der Waals surface area contributed by atoms with Crippen LogP contribution in [0.4, 0.5) is 0 Å². The van der Waals surface area contributed by atoms with Crippen LogP contribution in [0.3, 0.4) is 0 Å². The number of nitrogens with one attached hydrogen (secondary N) is 2. The van der Waals surface area contributed by atoms with Crippen LogP contribution in [0.15, 0.2) is 0 Å². The number of nitrogens with zero attached hydrogens (tertiary/aromatic N) is 1. The van der Waals surface area contributed by atoms with Gasteiger partial charge in [-0.25, -0.2) is 0 Å². The van der Waals surface area contributed by atoms with Gasteiger partial charge in [-0.3, -0.25) is 15.0 Å². The Hall–Kier alpha value is -1.83. The highest BCUT2D eigenvalue weighted by molar-refractivity contribution is 5.84. The maximum absolute atomic E-state index is 12.2. The highest BCUT2D eigenvalue weighted by Crippen LogP contribution is 2.20. The molecule has 1 radical (unpaired) electrons. The minimum absolute atomic E-state index is 0.0247. The number of likely N-dealkylation sites (tertiary alicyclic amines) is 1. The number of piperidine rings is 1. The van der Waals surface area contributed by atoms with Gasteiger partial charge in [-0.1, -0.05) is 0 Å². The smallest absolute Gasteiger partial charge is 0.249 e. The Balaban J connectivity index is 2.30. The van der Waals surface area contributed by atoms with Crippen LogP contribution in [-0.4, -0.2) is 54.5 Å². The predicted molar refractivity (Wildman–Crippen MR) is 92.0 cm³/mol. The molecule has 24 heavy (non-hydrogen) atoms. The van der Waals surface area contributed by atoms with Crippen LogP contribution in [0.2, 0.25) is 0 Å². The monoisotopic (exact) mass is 340 g/mol. The molecule has 1 heterocycles. The summed E-state index contributed by atoms with van der Waals surface area (Å²) in [6.45, 7) is 5.69. The van der Waals surface area contributed by atoms with Crippen LogP contribution in [-0.2, 0) is 14.3 Å². The van der Waals surface area contributed by atoms with Gasteiger partial charge in [-0.05, 0) is 45.4 Å². The van der Waals surface area contributed by atoms with E-state index in [4.69, 9.17) is 21.6 Å². The normalized spacial score (nSPS) is 18.2. The van der Waals surface area contributed by atoms with E-state index < -0.39 is 11.5 Å². The Bertz CT molecular complexity index is 453. The lowest BCUT2D eigenvalue weighted by molar-refractivity contribution is -0.143. The standard InChI is InChI=1S/C16H30N5O3/c1-16(2,14(17)23)24-11-12-6-5-9-21(10-12)13(22)7-3-4-8-20-15(18)19/h7,12H,3-6,8-11H2,1-2H3,(H2,17,23)(H4,18,19,20)/t12-/m1/s1. The van der Waals surface area contributed by atoms with Crippen LogP contribution in [0.1, 0.15) is 39.5 Å². The van der Waals surface area contributed by atoms with Gasteiger partial charge in [0.05, 0.1) is 6.61 Å². The van der Waals surface area contributed by atoms with Crippen molar-refractivity contribution < 1.29 is 14.3 Å². The van der Waals surface area contributed by atoms with E-state index in [1.165, 1.54) is 0 Å². The SMILES string of the molecule is CC(C)(OC[C@@H]1CCCN(C(=O)[CH]CCCNC(=N)N)C1)C(N)=O. The average Bonchev–Trinajstić information content (AvgIpc) is 2.52. The predicted octanol–water partition coefficient (Wildman–Crippen LogP) is -0.0269. The fraction of sp³-hybridized carbons (Fsp3) is 0.750. The number of primary amides is 1. The van der Waals surface area contributed by atoms with Gasteiger partial charge >= 0.3 is 0 Å². The number of ether oxygens (including phenoxy) is 1. The minimum Gasteiger partial charge on any atom is -0.370 e. The van der Waals surface area contributed by atoms with E-state index in [0.29, 0.717) is 26.1 Å². The van der Waals surface area contributed by atoms with Crippen LogP contribution in [0.25, 0.3) is 0 Å². The molecule has 0 aromatic rings. The average molecular weight is 340 g/mol. The molecule has 0 aromatic heterocycles. The largest absolute Gasteiger partial charge is 0.370 e. The number of carbonyl (C=O) groups is 2. The zero-order valence-electron chi connectivity index (χ0n) is 14.6. The molecule has 0 spiro atoms. The van der Waals surface area contributed by atoms with Crippen LogP contribution in [0, 0.1) is 17.7 Å². The lowest BCUT2D eigenvalue weighted by Gasteiger charge is -2.34. The highest BCUT2D eigenvalue weighted by atomic mass is 16.5. The van der Waals surface area contributed by atoms with Crippen molar-refractivity contribution in [3.8, 4) is 0 Å². The Morgan fingerprint density at radius 2 is 2.12 bits per heavy atom. The Morgan fingerprint density at radius 3 is 2.75 bits per heavy atom. The summed E-state index contributed by atoms with van der Waals surface area (Å²) in [6, 6.07) is 0. The summed E-state index contributed by atoms with van der Waals surface area (Å²) < 4.78 is 5.63. The highest BCUT2D eigenvalue weighted by Gasteiger charge is 2.29. The molecule has 0 aromatic carbocycles. The third-order valence-corrected chi connectivity index (χ3v) is 4.12. The van der Waals surface area contributed by atoms with Gasteiger partial charge in [0.2, 0.25) is 11.8 Å². The number of hydrogen-bond acceptors (Lipinski definition) is 4. The maximum Gasteiger partial charge on any atom is 0.249 e. The maximum atomic E-state index is 12.2. The van der Waals surface area contributed by atoms with Crippen molar-refractivity contribution in [2.24, 2.45) is 17.4 Å². The summed E-state index contributed by atoms with van der Waals surface area (Å²) in [4.78, 5) is 25.3. The number of rotatable bonds is 9. The van der Waals surface area contributed by atoms with Crippen molar-refractivity contribution in [2.75, 3.05) is 26.2 Å². The molecule has 1 saturated heterocycles. The topological polar surface area (TPSA) is 135 Å². The van der Waals surface area contributed by atoms with Crippen LogP contribution >= 0.6 is 0 Å². The fourth-order valence-corrected chi connectivity index (χ4v) is 2.48. The molecule has 1 aliphatic rings. The first kappa shape index (κ1) is 20.2. The number of guanidine groups is 1. The van der Waals surface area contributed by atoms with Gasteiger partial charge in [0.25, 0.3) is 0 Å². The molecule has 8 nitrogen and oxygen atoms in total. The quantitative estimate of drug-likeness (QED) is 0.266. The van der Waals surface area contributed by atoms with E-state index in [9.17, 15) is 9.59 Å². The molecule has 1 atom stereocenters. The second kappa shape index (κ2) is 9.46. The zero-order chi connectivity index (χ0) is 18.2. The first-order valence-electron chi connectivity index (χ1n) is 8.36. The molecule has 0 saturated carbocycles. The van der Waals surface area contributed by atoms with E-state index in [2.05, 4.69) is 5.32 Å². The summed E-state index contributed by atoms with van der Waals surface area (Å²) >= 11 is 0. The van der Waals surface area contributed by atoms with Crippen molar-refractivity contribution in [1.29, 1.82) is 5.41 Å². The van der Waals surface area contributed by atoms with Crippen molar-refractivity contribution in [1.82, 2.24) is 10.2 Å². The Kier molecular flexibility index (Phi) is 7.97. The molecule has 1 rings (SSSR count). The van der Waals surface area contributed by atoms with E-state index >= 15 is 0 Å². The number of carbonyl (C=O) groups excluding carboxylic acids is 2. The first-order valence-corrected chi connectivity index (χ1v) is 8.36. The molecular formula is C16H30N5O3. The molecule has 137 valence electrons. The van der Waals surface area contributed by atoms with Crippen molar-refractivity contribution in [2.45, 2.75) is 45.1 Å². The summed E-state index contributed by atoms with van der Waals surface area (Å²) in [7, 11) is 0. The van der Waals surface area contributed by atoms with Gasteiger partial charge in [0.15, 0.2) is 5.96 Å². The van der Waals surface area contributed by atoms with Crippen LogP contribution in [0.5, 0.6) is 0 Å². The second-order valence-electron chi connectivity index (χ2n) is 6.66. The molecule has 0 aliphatic carbocycles. The molecule has 2 amide bonds. The van der Waals surface area contributed by atoms with E-state index in [1.54, 1.807) is 20.3 Å². The van der Waals surface area contributed by atoms with E-state index in [-0.39, 0.29) is 17.8 Å². The molecule has 0 unspecified atom stereocenters. The minimum atomic E-state index is -0.984. The fourth-order valence-electron chi connectivity index (χ4n) is 2.48. The summed E-state index contributed by atoms with van der Waals surface area (Å²) in [5.74, 6) is -0.302. The number of hydrogen-bond donors (Lipinski definition) is 4. The molecular weight excluding hydrogens is 310 g/mol. The molecule has 6 N–H and O–H groups in total. The molecule has 0 bridgehead atoms. The van der Waals surface area contributed by atoms with Gasteiger partial charge in [-0.2, -0.15) is 0 Å². The van der Waals surface area contributed by atoms with Crippen molar-refractivity contribution in [3.63, 3.8) is 0 Å². The summed E-state index contributed by atoms with van der Waals surface area (Å²) in [5, 5.41) is 9.75. The number of unbranched alkanes of at least 4 members (excludes halogenated alkanes) is 1. The third-order valence-electron chi connectivity index (χ3n) is 4.12. The number of amides is 2. The Labute approximate surface area is 143 Å². The lowest BCUT2D eigenvalue weighted by atomic mass is 9.98. The molecule has 1 aliphatic heterocycles. The Morgan fingerprint density at radius 1 is 1.42 bits per heavy atom. The van der Waals surface area contributed by atoms with Crippen molar-refractivity contribution in [3.05, 3.63) is 6.42 Å². The third kappa shape index (κ3) is 7.16. The molecule has 1 fully saturated rings. The zero-order valence-corrected chi connectivity index (χ0v) is 14.6. The number of nitrogens with two attached hydrogens (primary N) is 2. The van der Waals surface area contributed by atoms with Gasteiger partial charge in [-0.15, -0.1) is 0 Å². The van der Waals surface area contributed by atoms with Crippen LogP contribution < -0.4 is 16.8 Å².